The molecule has 1 aromatic rings. The van der Waals surface area contributed by atoms with Gasteiger partial charge in [-0.3, -0.25) is 4.39 Å². The van der Waals surface area contributed by atoms with Crippen molar-refractivity contribution in [2.75, 3.05) is 12.4 Å². The van der Waals surface area contributed by atoms with E-state index < -0.39 is 0 Å². The molecule has 53 valence electrons. The van der Waals surface area contributed by atoms with Gasteiger partial charge in [0, 0.05) is 10.6 Å². The van der Waals surface area contributed by atoms with E-state index in [0.717, 1.165) is 4.90 Å². The molecule has 10 heavy (non-hydrogen) atoms. The molecular weight excluding hydrogens is 147 g/mol. The van der Waals surface area contributed by atoms with Gasteiger partial charge in [0.25, 0.3) is 0 Å². The zero-order valence-corrected chi connectivity index (χ0v) is 6.33. The lowest BCUT2D eigenvalue weighted by Crippen LogP contribution is -1.78. The third-order valence-corrected chi connectivity index (χ3v) is 2.00. The first kappa shape index (κ1) is 7.61. The highest BCUT2D eigenvalue weighted by atomic mass is 32.2. The summed E-state index contributed by atoms with van der Waals surface area (Å²) in [5.74, 6) is 0.546. The normalized spacial score (nSPS) is 9.70. The Hall–Kier alpha value is -0.500. The van der Waals surface area contributed by atoms with Gasteiger partial charge in [0.1, 0.15) is 0 Å². The number of rotatable bonds is 3. The summed E-state index contributed by atoms with van der Waals surface area (Å²) in [6.45, 7) is -0.261. The molecule has 1 radical (unpaired) electrons. The smallest absolute Gasteiger partial charge is 0.0988 e. The van der Waals surface area contributed by atoms with E-state index in [1.54, 1.807) is 0 Å². The van der Waals surface area contributed by atoms with Crippen LogP contribution in [0.4, 0.5) is 4.39 Å². The van der Waals surface area contributed by atoms with Crippen molar-refractivity contribution in [1.82, 2.24) is 0 Å². The second-order valence-corrected chi connectivity index (χ2v) is 2.94. The molecule has 0 saturated heterocycles. The summed E-state index contributed by atoms with van der Waals surface area (Å²) in [7, 11) is 0. The van der Waals surface area contributed by atoms with Crippen molar-refractivity contribution in [2.45, 2.75) is 4.90 Å². The van der Waals surface area contributed by atoms with Crippen LogP contribution in [0.2, 0.25) is 0 Å². The predicted molar refractivity (Wildman–Crippen MR) is 42.0 cm³/mol. The van der Waals surface area contributed by atoms with Crippen LogP contribution in [-0.4, -0.2) is 12.4 Å². The van der Waals surface area contributed by atoms with E-state index in [0.29, 0.717) is 5.75 Å². The Morgan fingerprint density at radius 2 is 2.10 bits per heavy atom. The van der Waals surface area contributed by atoms with Gasteiger partial charge < -0.3 is 0 Å². The number of halogens is 1. The number of hydrogen-bond donors (Lipinski definition) is 0. The predicted octanol–water partition coefficient (Wildman–Crippen LogP) is 2.55. The first-order valence-electron chi connectivity index (χ1n) is 3.08. The molecule has 0 atom stereocenters. The van der Waals surface area contributed by atoms with Crippen LogP contribution in [-0.2, 0) is 0 Å². The minimum Gasteiger partial charge on any atom is -0.250 e. The Bertz CT molecular complexity index is 174. The van der Waals surface area contributed by atoms with Gasteiger partial charge in [-0.2, -0.15) is 0 Å². The van der Waals surface area contributed by atoms with Crippen LogP contribution in [0.25, 0.3) is 0 Å². The fourth-order valence-electron chi connectivity index (χ4n) is 0.624. The lowest BCUT2D eigenvalue weighted by Gasteiger charge is -1.94. The maximum absolute atomic E-state index is 11.7. The summed E-state index contributed by atoms with van der Waals surface area (Å²) in [4.78, 5) is 1.11. The second kappa shape index (κ2) is 4.34. The molecule has 0 aromatic heterocycles. The van der Waals surface area contributed by atoms with Gasteiger partial charge in [0.2, 0.25) is 0 Å². The summed E-state index contributed by atoms with van der Waals surface area (Å²) >= 11 is 1.53. The highest BCUT2D eigenvalue weighted by molar-refractivity contribution is 7.99. The topological polar surface area (TPSA) is 0 Å². The van der Waals surface area contributed by atoms with Crippen molar-refractivity contribution in [1.29, 1.82) is 0 Å². The second-order valence-electron chi connectivity index (χ2n) is 1.77. The highest BCUT2D eigenvalue weighted by Crippen LogP contribution is 2.15. The van der Waals surface area contributed by atoms with E-state index in [9.17, 15) is 4.39 Å². The van der Waals surface area contributed by atoms with E-state index in [-0.39, 0.29) is 6.67 Å². The van der Waals surface area contributed by atoms with Crippen LogP contribution < -0.4 is 0 Å². The summed E-state index contributed by atoms with van der Waals surface area (Å²) in [6.07, 6.45) is 0. The Labute approximate surface area is 64.4 Å². The Kier molecular flexibility index (Phi) is 3.30. The van der Waals surface area contributed by atoms with E-state index in [2.05, 4.69) is 6.07 Å². The van der Waals surface area contributed by atoms with Crippen molar-refractivity contribution in [2.24, 2.45) is 0 Å². The zero-order valence-electron chi connectivity index (χ0n) is 5.51. The number of alkyl halides is 1. The molecular formula is C8H8FS. The van der Waals surface area contributed by atoms with Crippen LogP contribution >= 0.6 is 11.8 Å². The fraction of sp³-hybridized carbons (Fsp3) is 0.250. The fourth-order valence-corrected chi connectivity index (χ4v) is 1.27. The Morgan fingerprint density at radius 3 is 2.70 bits per heavy atom. The molecule has 0 bridgehead atoms. The molecule has 0 aliphatic heterocycles. The van der Waals surface area contributed by atoms with E-state index in [4.69, 9.17) is 0 Å². The van der Waals surface area contributed by atoms with Crippen molar-refractivity contribution >= 4 is 11.8 Å². The standard InChI is InChI=1S/C8H8FS/c9-6-7-10-8-4-2-1-3-5-8/h2-5H,6-7H2. The van der Waals surface area contributed by atoms with Gasteiger partial charge in [-0.1, -0.05) is 12.1 Å². The number of benzene rings is 1. The van der Waals surface area contributed by atoms with Gasteiger partial charge in [-0.15, -0.1) is 11.8 Å². The number of hydrogen-bond acceptors (Lipinski definition) is 1. The van der Waals surface area contributed by atoms with Crippen LogP contribution in [0.15, 0.2) is 29.2 Å². The molecule has 0 fully saturated rings. The molecule has 0 nitrogen and oxygen atoms in total. The zero-order chi connectivity index (χ0) is 7.23. The van der Waals surface area contributed by atoms with E-state index in [1.165, 1.54) is 11.8 Å². The molecule has 0 heterocycles. The van der Waals surface area contributed by atoms with Crippen LogP contribution in [0.5, 0.6) is 0 Å². The maximum atomic E-state index is 11.7. The van der Waals surface area contributed by atoms with Gasteiger partial charge >= 0.3 is 0 Å². The largest absolute Gasteiger partial charge is 0.250 e. The molecule has 0 unspecified atom stereocenters. The van der Waals surface area contributed by atoms with Crippen molar-refractivity contribution < 1.29 is 4.39 Å². The molecule has 1 aromatic carbocycles. The van der Waals surface area contributed by atoms with Crippen molar-refractivity contribution in [3.05, 3.63) is 30.3 Å². The van der Waals surface area contributed by atoms with E-state index in [1.807, 2.05) is 24.3 Å². The molecule has 0 saturated carbocycles. The van der Waals surface area contributed by atoms with Crippen molar-refractivity contribution in [3.63, 3.8) is 0 Å². The maximum Gasteiger partial charge on any atom is 0.0988 e. The van der Waals surface area contributed by atoms with Gasteiger partial charge in [-0.25, -0.2) is 0 Å². The summed E-state index contributed by atoms with van der Waals surface area (Å²) < 4.78 is 11.7. The quantitative estimate of drug-likeness (QED) is 0.604. The Balaban J connectivity index is 2.43. The third kappa shape index (κ3) is 2.40. The van der Waals surface area contributed by atoms with Crippen molar-refractivity contribution in [3.8, 4) is 0 Å². The average Bonchev–Trinajstić information content (AvgIpc) is 2.03. The first-order valence-corrected chi connectivity index (χ1v) is 4.07. The molecule has 0 N–H and O–H groups in total. The minimum atomic E-state index is -0.261. The molecule has 2 heteroatoms. The van der Waals surface area contributed by atoms with Crippen LogP contribution in [0.1, 0.15) is 0 Å². The molecule has 0 amide bonds. The Morgan fingerprint density at radius 1 is 1.40 bits per heavy atom. The van der Waals surface area contributed by atoms with Crippen LogP contribution in [0, 0.1) is 6.07 Å². The third-order valence-electron chi connectivity index (χ3n) is 1.03. The molecule has 0 aliphatic carbocycles. The monoisotopic (exact) mass is 155 g/mol. The van der Waals surface area contributed by atoms with Gasteiger partial charge in [0.15, 0.2) is 0 Å². The molecule has 1 rings (SSSR count). The van der Waals surface area contributed by atoms with Crippen LogP contribution in [0.3, 0.4) is 0 Å². The van der Waals surface area contributed by atoms with Gasteiger partial charge in [-0.05, 0) is 18.2 Å². The molecule has 0 spiro atoms. The summed E-state index contributed by atoms with van der Waals surface area (Å²) in [6, 6.07) is 10.4. The summed E-state index contributed by atoms with van der Waals surface area (Å²) in [5.41, 5.74) is 0. The molecule has 0 aliphatic rings. The van der Waals surface area contributed by atoms with E-state index >= 15 is 0 Å². The van der Waals surface area contributed by atoms with Gasteiger partial charge in [0.05, 0.1) is 6.67 Å². The lowest BCUT2D eigenvalue weighted by molar-refractivity contribution is 0.533. The summed E-state index contributed by atoms with van der Waals surface area (Å²) in [5, 5.41) is 0. The minimum absolute atomic E-state index is 0.261. The lowest BCUT2D eigenvalue weighted by atomic mass is 10.4. The SMILES string of the molecule is FCCSc1cc[c]cc1. The first-order chi connectivity index (χ1) is 4.93. The average molecular weight is 155 g/mol. The number of thioether (sulfide) groups is 1. The highest BCUT2D eigenvalue weighted by Gasteiger charge is 1.89.